The number of methoxy groups -OCH3 is 1. The summed E-state index contributed by atoms with van der Waals surface area (Å²) in [4.78, 5) is 13.0. The molecular weight excluding hydrogens is 401 g/mol. The maximum atomic E-state index is 13.8. The summed E-state index contributed by atoms with van der Waals surface area (Å²) in [6, 6.07) is 7.95. The van der Waals surface area contributed by atoms with Gasteiger partial charge in [0, 0.05) is 0 Å². The van der Waals surface area contributed by atoms with E-state index in [1.54, 1.807) is 23.6 Å². The van der Waals surface area contributed by atoms with Crippen molar-refractivity contribution in [2.75, 3.05) is 7.11 Å². The van der Waals surface area contributed by atoms with Gasteiger partial charge in [-0.1, -0.05) is 18.2 Å². The monoisotopic (exact) mass is 416 g/mol. The van der Waals surface area contributed by atoms with Gasteiger partial charge < -0.3 is 20.5 Å². The first-order chi connectivity index (χ1) is 12.7. The number of rotatable bonds is 4. The largest absolute Gasteiger partial charge is 0.497 e. The SMILES string of the molecule is COc1ccc([C@@H]2NC(=S)N[C@](O)(C(F)(F)F)[C@H]2C(=O)c2cccs2)cc1. The maximum absolute atomic E-state index is 13.8. The molecule has 1 aliphatic rings. The highest BCUT2D eigenvalue weighted by Crippen LogP contribution is 2.44. The van der Waals surface area contributed by atoms with Crippen LogP contribution in [-0.2, 0) is 0 Å². The smallest absolute Gasteiger partial charge is 0.437 e. The van der Waals surface area contributed by atoms with E-state index < -0.39 is 34.8 Å². The van der Waals surface area contributed by atoms with Crippen LogP contribution in [0.25, 0.3) is 0 Å². The molecule has 5 nitrogen and oxygen atoms in total. The van der Waals surface area contributed by atoms with E-state index in [4.69, 9.17) is 17.0 Å². The summed E-state index contributed by atoms with van der Waals surface area (Å²) in [7, 11) is 1.46. The molecule has 3 rings (SSSR count). The number of nitrogens with one attached hydrogen (secondary N) is 2. The molecule has 0 unspecified atom stereocenters. The minimum Gasteiger partial charge on any atom is -0.497 e. The minimum atomic E-state index is -5.14. The van der Waals surface area contributed by atoms with Crippen molar-refractivity contribution in [3.63, 3.8) is 0 Å². The molecule has 0 saturated carbocycles. The highest BCUT2D eigenvalue weighted by molar-refractivity contribution is 7.80. The predicted octanol–water partition coefficient (Wildman–Crippen LogP) is 3.03. The van der Waals surface area contributed by atoms with Gasteiger partial charge in [0.05, 0.1) is 18.0 Å². The van der Waals surface area contributed by atoms with Gasteiger partial charge in [-0.2, -0.15) is 13.2 Å². The Kier molecular flexibility index (Phi) is 5.15. The molecule has 3 atom stereocenters. The first kappa shape index (κ1) is 19.6. The van der Waals surface area contributed by atoms with E-state index in [1.165, 1.54) is 25.3 Å². The number of hydrogen-bond acceptors (Lipinski definition) is 5. The van der Waals surface area contributed by atoms with Crippen molar-refractivity contribution in [2.24, 2.45) is 5.92 Å². The van der Waals surface area contributed by atoms with Crippen molar-refractivity contribution >= 4 is 34.5 Å². The Morgan fingerprint density at radius 3 is 2.48 bits per heavy atom. The summed E-state index contributed by atoms with van der Waals surface area (Å²) in [6.45, 7) is 0. The van der Waals surface area contributed by atoms with Gasteiger partial charge in [0.1, 0.15) is 11.7 Å². The lowest BCUT2D eigenvalue weighted by atomic mass is 9.79. The predicted molar refractivity (Wildman–Crippen MR) is 97.7 cm³/mol. The molecule has 1 saturated heterocycles. The van der Waals surface area contributed by atoms with E-state index in [2.05, 4.69) is 5.32 Å². The zero-order valence-corrected chi connectivity index (χ0v) is 15.5. The number of Topliss-reactive ketones (excluding diaryl/α,β-unsaturated/α-hetero) is 1. The normalized spacial score (nSPS) is 25.4. The number of ether oxygens (including phenoxy) is 1. The number of aliphatic hydroxyl groups is 1. The van der Waals surface area contributed by atoms with Crippen LogP contribution in [0, 0.1) is 5.92 Å². The standard InChI is InChI=1S/C17H15F3N2O3S2/c1-25-10-6-4-9(5-7-10)13-12(14(23)11-3-2-8-27-11)16(24,17(18,19)20)22-15(26)21-13/h2-8,12-13,24H,1H3,(H2,21,22,26)/t12-,13+,16-/m1/s1. The number of halogens is 3. The molecule has 1 fully saturated rings. The fourth-order valence-corrected chi connectivity index (χ4v) is 3.99. The Morgan fingerprint density at radius 1 is 1.30 bits per heavy atom. The molecule has 0 radical (unpaired) electrons. The second-order valence-electron chi connectivity index (χ2n) is 5.93. The molecule has 1 aromatic carbocycles. The van der Waals surface area contributed by atoms with Crippen molar-refractivity contribution < 1.29 is 27.8 Å². The van der Waals surface area contributed by atoms with Crippen LogP contribution in [0.15, 0.2) is 41.8 Å². The lowest BCUT2D eigenvalue weighted by Crippen LogP contribution is -2.72. The summed E-state index contributed by atoms with van der Waals surface area (Å²) >= 11 is 5.88. The zero-order chi connectivity index (χ0) is 19.8. The molecule has 0 bridgehead atoms. The van der Waals surface area contributed by atoms with E-state index in [-0.39, 0.29) is 4.88 Å². The molecule has 3 N–H and O–H groups in total. The van der Waals surface area contributed by atoms with Crippen molar-refractivity contribution in [1.82, 2.24) is 10.6 Å². The van der Waals surface area contributed by atoms with Crippen molar-refractivity contribution in [2.45, 2.75) is 17.9 Å². The van der Waals surface area contributed by atoms with Gasteiger partial charge in [-0.05, 0) is 41.4 Å². The molecule has 2 heterocycles. The fourth-order valence-electron chi connectivity index (χ4n) is 3.00. The van der Waals surface area contributed by atoms with Gasteiger partial charge in [-0.3, -0.25) is 4.79 Å². The Hall–Kier alpha value is -2.17. The second-order valence-corrected chi connectivity index (χ2v) is 7.29. The highest BCUT2D eigenvalue weighted by atomic mass is 32.1. The summed E-state index contributed by atoms with van der Waals surface area (Å²) in [5, 5.41) is 16.3. The van der Waals surface area contributed by atoms with Crippen molar-refractivity contribution in [3.05, 3.63) is 52.2 Å². The van der Waals surface area contributed by atoms with Crippen LogP contribution in [0.1, 0.15) is 21.3 Å². The Balaban J connectivity index is 2.12. The van der Waals surface area contributed by atoms with Gasteiger partial charge in [0.25, 0.3) is 0 Å². The Labute approximate surface area is 162 Å². The second kappa shape index (κ2) is 7.10. The summed E-state index contributed by atoms with van der Waals surface area (Å²) < 4.78 is 46.4. The average molecular weight is 416 g/mol. The number of benzene rings is 1. The van der Waals surface area contributed by atoms with Crippen LogP contribution in [0.4, 0.5) is 13.2 Å². The molecule has 27 heavy (non-hydrogen) atoms. The molecule has 1 aromatic heterocycles. The van der Waals surface area contributed by atoms with Gasteiger partial charge in [-0.15, -0.1) is 11.3 Å². The van der Waals surface area contributed by atoms with Gasteiger partial charge in [-0.25, -0.2) is 0 Å². The first-order valence-electron chi connectivity index (χ1n) is 7.77. The molecular formula is C17H15F3N2O3S2. The van der Waals surface area contributed by atoms with E-state index >= 15 is 0 Å². The number of hydrogen-bond donors (Lipinski definition) is 3. The minimum absolute atomic E-state index is 0.109. The third kappa shape index (κ3) is 3.52. The number of alkyl halides is 3. The summed E-state index contributed by atoms with van der Waals surface area (Å²) in [6.07, 6.45) is -5.14. The third-order valence-electron chi connectivity index (χ3n) is 4.33. The maximum Gasteiger partial charge on any atom is 0.437 e. The first-order valence-corrected chi connectivity index (χ1v) is 9.05. The van der Waals surface area contributed by atoms with E-state index in [1.807, 2.05) is 5.32 Å². The van der Waals surface area contributed by atoms with E-state index in [0.717, 1.165) is 11.3 Å². The van der Waals surface area contributed by atoms with Crippen LogP contribution in [-0.4, -0.2) is 35.0 Å². The molecule has 0 spiro atoms. The average Bonchev–Trinajstić information content (AvgIpc) is 3.14. The summed E-state index contributed by atoms with van der Waals surface area (Å²) in [5.74, 6) is -2.23. The van der Waals surface area contributed by atoms with Crippen molar-refractivity contribution in [1.29, 1.82) is 0 Å². The molecule has 1 aliphatic heterocycles. The van der Waals surface area contributed by atoms with E-state index in [0.29, 0.717) is 11.3 Å². The molecule has 10 heteroatoms. The van der Waals surface area contributed by atoms with Gasteiger partial charge in [0.2, 0.25) is 5.72 Å². The lowest BCUT2D eigenvalue weighted by molar-refractivity contribution is -0.285. The highest BCUT2D eigenvalue weighted by Gasteiger charge is 2.65. The van der Waals surface area contributed by atoms with Crippen LogP contribution in [0.3, 0.4) is 0 Å². The number of thiocarbonyl (C=S) groups is 1. The number of ketones is 1. The van der Waals surface area contributed by atoms with Gasteiger partial charge in [0.15, 0.2) is 10.9 Å². The zero-order valence-electron chi connectivity index (χ0n) is 13.9. The number of carbonyl (C=O) groups is 1. The lowest BCUT2D eigenvalue weighted by Gasteiger charge is -2.46. The molecule has 2 aromatic rings. The topological polar surface area (TPSA) is 70.6 Å². The molecule has 144 valence electrons. The van der Waals surface area contributed by atoms with E-state index in [9.17, 15) is 23.1 Å². The number of thiophene rings is 1. The van der Waals surface area contributed by atoms with Crippen LogP contribution >= 0.6 is 23.6 Å². The Morgan fingerprint density at radius 2 is 1.96 bits per heavy atom. The molecule has 0 aliphatic carbocycles. The van der Waals surface area contributed by atoms with Crippen LogP contribution < -0.4 is 15.4 Å². The third-order valence-corrected chi connectivity index (χ3v) is 5.43. The number of carbonyl (C=O) groups excluding carboxylic acids is 1. The van der Waals surface area contributed by atoms with Gasteiger partial charge >= 0.3 is 6.18 Å². The van der Waals surface area contributed by atoms with Crippen molar-refractivity contribution in [3.8, 4) is 5.75 Å². The quantitative estimate of drug-likeness (QED) is 0.526. The Bertz CT molecular complexity index is 840. The fraction of sp³-hybridized carbons (Fsp3) is 0.294. The summed E-state index contributed by atoms with van der Waals surface area (Å²) in [5.41, 5.74) is -3.15. The van der Waals surface area contributed by atoms with Crippen LogP contribution in [0.5, 0.6) is 5.75 Å². The van der Waals surface area contributed by atoms with Crippen LogP contribution in [0.2, 0.25) is 0 Å². The molecule has 0 amide bonds.